The Morgan fingerprint density at radius 2 is 2.04 bits per heavy atom. The molecule has 1 amide bonds. The topological polar surface area (TPSA) is 63.2 Å². The van der Waals surface area contributed by atoms with Crippen LogP contribution in [0.3, 0.4) is 0 Å². The summed E-state index contributed by atoms with van der Waals surface area (Å²) in [5.74, 6) is 0.945. The van der Waals surface area contributed by atoms with Gasteiger partial charge in [0.1, 0.15) is 5.75 Å². The predicted octanol–water partition coefficient (Wildman–Crippen LogP) is 2.41. The molecule has 2 atom stereocenters. The standard InChI is InChI=1S/C21H25N3O3/c25-20-17-11-16(17)19(22-23-20)13-4-5-18-14(10-13)12-26-21(27-18)6-8-24(9-7-21)15-2-1-3-15/h4-5,10,15-17H,1-3,6-9,11-12H2,(H,23,25). The number of ether oxygens (including phenoxy) is 2. The van der Waals surface area contributed by atoms with Gasteiger partial charge in [-0.1, -0.05) is 6.42 Å². The van der Waals surface area contributed by atoms with Crippen LogP contribution in [0.5, 0.6) is 5.75 Å². The fourth-order valence-electron chi connectivity index (χ4n) is 4.97. The lowest BCUT2D eigenvalue weighted by atomic mass is 9.89. The monoisotopic (exact) mass is 367 g/mol. The molecule has 0 aromatic heterocycles. The van der Waals surface area contributed by atoms with Crippen molar-refractivity contribution in [3.63, 3.8) is 0 Å². The van der Waals surface area contributed by atoms with Crippen LogP contribution >= 0.6 is 0 Å². The molecule has 1 spiro atoms. The summed E-state index contributed by atoms with van der Waals surface area (Å²) in [7, 11) is 0. The zero-order valence-electron chi connectivity index (χ0n) is 15.4. The minimum Gasteiger partial charge on any atom is -0.462 e. The van der Waals surface area contributed by atoms with Crippen molar-refractivity contribution in [1.82, 2.24) is 10.3 Å². The van der Waals surface area contributed by atoms with E-state index in [1.54, 1.807) is 0 Å². The van der Waals surface area contributed by atoms with Gasteiger partial charge in [0, 0.05) is 49.4 Å². The number of piperidine rings is 1. The van der Waals surface area contributed by atoms with Crippen molar-refractivity contribution in [3.8, 4) is 5.75 Å². The van der Waals surface area contributed by atoms with Gasteiger partial charge in [-0.25, -0.2) is 5.43 Å². The van der Waals surface area contributed by atoms with E-state index in [0.29, 0.717) is 6.61 Å². The van der Waals surface area contributed by atoms with Gasteiger partial charge in [0.2, 0.25) is 11.7 Å². The molecular weight excluding hydrogens is 342 g/mol. The maximum atomic E-state index is 11.6. The molecule has 6 rings (SSSR count). The van der Waals surface area contributed by atoms with Gasteiger partial charge < -0.3 is 9.47 Å². The molecule has 1 N–H and O–H groups in total. The largest absolute Gasteiger partial charge is 0.462 e. The van der Waals surface area contributed by atoms with Crippen LogP contribution in [0.25, 0.3) is 0 Å². The molecule has 2 unspecified atom stereocenters. The third kappa shape index (κ3) is 2.61. The van der Waals surface area contributed by atoms with E-state index in [0.717, 1.165) is 61.0 Å². The van der Waals surface area contributed by atoms with Gasteiger partial charge in [0.15, 0.2) is 0 Å². The number of carbonyl (C=O) groups excluding carboxylic acids is 1. The highest BCUT2D eigenvalue weighted by molar-refractivity contribution is 6.09. The molecule has 0 radical (unpaired) electrons. The molecular formula is C21H25N3O3. The van der Waals surface area contributed by atoms with Gasteiger partial charge in [0.05, 0.1) is 12.3 Å². The fraction of sp³-hybridized carbons (Fsp3) is 0.619. The Morgan fingerprint density at radius 3 is 2.81 bits per heavy atom. The molecule has 1 aromatic carbocycles. The van der Waals surface area contributed by atoms with Gasteiger partial charge >= 0.3 is 0 Å². The lowest BCUT2D eigenvalue weighted by molar-refractivity contribution is -0.231. The Bertz CT molecular complexity index is 824. The maximum absolute atomic E-state index is 11.6. The number of benzene rings is 1. The number of hydrazone groups is 1. The van der Waals surface area contributed by atoms with Crippen LogP contribution in [0, 0.1) is 11.8 Å². The number of hydrogen-bond donors (Lipinski definition) is 1. The Labute approximate surface area is 158 Å². The second-order valence-electron chi connectivity index (χ2n) is 8.67. The molecule has 6 nitrogen and oxygen atoms in total. The van der Waals surface area contributed by atoms with Crippen molar-refractivity contribution < 1.29 is 14.3 Å². The zero-order valence-corrected chi connectivity index (χ0v) is 15.4. The quantitative estimate of drug-likeness (QED) is 0.872. The zero-order chi connectivity index (χ0) is 18.0. The molecule has 5 aliphatic rings. The van der Waals surface area contributed by atoms with Crippen LogP contribution in [-0.4, -0.2) is 41.4 Å². The summed E-state index contributed by atoms with van der Waals surface area (Å²) in [5.41, 5.74) is 5.80. The normalized spacial score (nSPS) is 31.9. The Hall–Kier alpha value is -1.92. The van der Waals surface area contributed by atoms with Crippen molar-refractivity contribution in [2.24, 2.45) is 16.9 Å². The van der Waals surface area contributed by atoms with Crippen molar-refractivity contribution in [2.75, 3.05) is 13.1 Å². The van der Waals surface area contributed by atoms with Gasteiger partial charge in [0.25, 0.3) is 0 Å². The average molecular weight is 367 g/mol. The van der Waals surface area contributed by atoms with E-state index >= 15 is 0 Å². The summed E-state index contributed by atoms with van der Waals surface area (Å²) in [5, 5.41) is 4.30. The van der Waals surface area contributed by atoms with E-state index < -0.39 is 5.79 Å². The highest BCUT2D eigenvalue weighted by Crippen LogP contribution is 2.45. The molecule has 0 bridgehead atoms. The molecule has 2 aliphatic carbocycles. The number of carbonyl (C=O) groups is 1. The summed E-state index contributed by atoms with van der Waals surface area (Å²) in [6, 6.07) is 7.05. The third-order valence-corrected chi connectivity index (χ3v) is 7.06. The molecule has 3 aliphatic heterocycles. The Balaban J connectivity index is 1.18. The molecule has 2 saturated carbocycles. The number of nitrogens with one attached hydrogen (secondary N) is 1. The maximum Gasteiger partial charge on any atom is 0.243 e. The van der Waals surface area contributed by atoms with E-state index in [1.807, 2.05) is 0 Å². The van der Waals surface area contributed by atoms with Crippen LogP contribution < -0.4 is 10.2 Å². The average Bonchev–Trinajstić information content (AvgIpc) is 3.44. The van der Waals surface area contributed by atoms with Crippen molar-refractivity contribution in [2.45, 2.75) is 57.0 Å². The van der Waals surface area contributed by atoms with Crippen molar-refractivity contribution in [3.05, 3.63) is 29.3 Å². The lowest BCUT2D eigenvalue weighted by Gasteiger charge is -2.47. The van der Waals surface area contributed by atoms with E-state index in [2.05, 4.69) is 33.6 Å². The van der Waals surface area contributed by atoms with Crippen LogP contribution in [0.1, 0.15) is 49.7 Å². The molecule has 1 saturated heterocycles. The first-order valence-corrected chi connectivity index (χ1v) is 10.3. The highest BCUT2D eigenvalue weighted by atomic mass is 16.7. The molecule has 27 heavy (non-hydrogen) atoms. The molecule has 1 aromatic rings. The fourth-order valence-corrected chi connectivity index (χ4v) is 4.97. The molecule has 3 heterocycles. The first kappa shape index (κ1) is 16.1. The summed E-state index contributed by atoms with van der Waals surface area (Å²) in [6.45, 7) is 2.72. The van der Waals surface area contributed by atoms with Crippen molar-refractivity contribution >= 4 is 11.6 Å². The van der Waals surface area contributed by atoms with Gasteiger partial charge in [-0.05, 0) is 43.0 Å². The summed E-state index contributed by atoms with van der Waals surface area (Å²) < 4.78 is 12.6. The molecule has 3 fully saturated rings. The predicted molar refractivity (Wildman–Crippen MR) is 99.3 cm³/mol. The third-order valence-electron chi connectivity index (χ3n) is 7.06. The van der Waals surface area contributed by atoms with E-state index in [-0.39, 0.29) is 17.7 Å². The second-order valence-corrected chi connectivity index (χ2v) is 8.67. The number of hydrogen-bond acceptors (Lipinski definition) is 5. The van der Waals surface area contributed by atoms with Crippen LogP contribution in [0.15, 0.2) is 23.3 Å². The summed E-state index contributed by atoms with van der Waals surface area (Å²) in [4.78, 5) is 14.3. The molecule has 6 heteroatoms. The van der Waals surface area contributed by atoms with E-state index in [1.165, 1.54) is 19.3 Å². The van der Waals surface area contributed by atoms with E-state index in [9.17, 15) is 4.79 Å². The summed E-state index contributed by atoms with van der Waals surface area (Å²) >= 11 is 0. The van der Waals surface area contributed by atoms with Crippen LogP contribution in [-0.2, 0) is 16.1 Å². The Morgan fingerprint density at radius 1 is 1.19 bits per heavy atom. The molecule has 142 valence electrons. The van der Waals surface area contributed by atoms with E-state index in [4.69, 9.17) is 9.47 Å². The van der Waals surface area contributed by atoms with Gasteiger partial charge in [-0.15, -0.1) is 0 Å². The lowest BCUT2D eigenvalue weighted by Crippen LogP contribution is -2.54. The number of fused-ring (bicyclic) bond motifs is 2. The number of nitrogens with zero attached hydrogens (tertiary/aromatic N) is 2. The van der Waals surface area contributed by atoms with Crippen molar-refractivity contribution in [1.29, 1.82) is 0 Å². The number of rotatable bonds is 2. The minimum atomic E-state index is -0.452. The Kier molecular flexibility index (Phi) is 3.44. The van der Waals surface area contributed by atoms with Crippen LogP contribution in [0.4, 0.5) is 0 Å². The number of likely N-dealkylation sites (tertiary alicyclic amines) is 1. The number of amides is 1. The van der Waals surface area contributed by atoms with Gasteiger partial charge in [-0.3, -0.25) is 9.69 Å². The first-order chi connectivity index (χ1) is 13.2. The van der Waals surface area contributed by atoms with Gasteiger partial charge in [-0.2, -0.15) is 5.10 Å². The second kappa shape index (κ2) is 5.79. The first-order valence-electron chi connectivity index (χ1n) is 10.3. The smallest absolute Gasteiger partial charge is 0.243 e. The highest BCUT2D eigenvalue weighted by Gasteiger charge is 2.49. The van der Waals surface area contributed by atoms with Crippen LogP contribution in [0.2, 0.25) is 0 Å². The SMILES string of the molecule is O=C1NN=C(c2ccc3c(c2)COC2(CCN(C4CCC4)CC2)O3)C2CC12. The minimum absolute atomic E-state index is 0.0589. The summed E-state index contributed by atoms with van der Waals surface area (Å²) in [6.07, 6.45) is 6.88.